The first-order valence-electron chi connectivity index (χ1n) is 6.16. The Bertz CT molecular complexity index is 601. The third-order valence-electron chi connectivity index (χ3n) is 2.89. The lowest BCUT2D eigenvalue weighted by Gasteiger charge is -2.19. The van der Waals surface area contributed by atoms with E-state index in [1.165, 1.54) is 11.8 Å². The first-order valence-corrected chi connectivity index (χ1v) is 7.64. The van der Waals surface area contributed by atoms with E-state index in [9.17, 15) is 13.2 Å². The number of nitrogen functional groups attached to an aromatic ring is 1. The zero-order valence-electron chi connectivity index (χ0n) is 12.4. The van der Waals surface area contributed by atoms with Crippen LogP contribution in [0.5, 0.6) is 0 Å². The molecule has 0 aliphatic rings. The number of aryl methyl sites for hydroxylation is 2. The van der Waals surface area contributed by atoms with Gasteiger partial charge < -0.3 is 10.6 Å². The lowest BCUT2D eigenvalue weighted by molar-refractivity contribution is -0.130. The Hall–Kier alpha value is -1.60. The molecule has 0 saturated carbocycles. The summed E-state index contributed by atoms with van der Waals surface area (Å²) >= 11 is 0. The molecule has 1 atom stereocenters. The molecule has 1 rings (SSSR count). The second-order valence-electron chi connectivity index (χ2n) is 5.06. The largest absolute Gasteiger partial charge is 0.399 e. The van der Waals surface area contributed by atoms with E-state index in [0.717, 1.165) is 0 Å². The van der Waals surface area contributed by atoms with Crippen molar-refractivity contribution in [3.8, 4) is 0 Å². The van der Waals surface area contributed by atoms with Crippen molar-refractivity contribution >= 4 is 21.6 Å². The smallest absolute Gasteiger partial charge is 0.241 e. The van der Waals surface area contributed by atoms with Crippen LogP contribution in [0.3, 0.4) is 0 Å². The topological polar surface area (TPSA) is 92.5 Å². The zero-order chi connectivity index (χ0) is 15.7. The standard InChI is InChI=1S/C13H21N3O3S/c1-8-6-11(14)7-9(2)12(8)20(18,19)15-10(3)13(17)16(4)5/h6-7,10,15H,14H2,1-5H3. The van der Waals surface area contributed by atoms with Gasteiger partial charge in [-0.15, -0.1) is 0 Å². The molecule has 7 heteroatoms. The van der Waals surface area contributed by atoms with Crippen molar-refractivity contribution in [2.24, 2.45) is 0 Å². The number of anilines is 1. The summed E-state index contributed by atoms with van der Waals surface area (Å²) < 4.78 is 27.2. The normalized spacial score (nSPS) is 13.1. The minimum absolute atomic E-state index is 0.171. The van der Waals surface area contributed by atoms with Gasteiger partial charge in [-0.1, -0.05) is 0 Å². The zero-order valence-corrected chi connectivity index (χ0v) is 13.2. The molecule has 0 aromatic heterocycles. The maximum atomic E-state index is 12.4. The van der Waals surface area contributed by atoms with Crippen LogP contribution in [0.15, 0.2) is 17.0 Å². The molecule has 3 N–H and O–H groups in total. The number of amides is 1. The molecule has 20 heavy (non-hydrogen) atoms. The number of nitrogens with one attached hydrogen (secondary N) is 1. The Morgan fingerprint density at radius 2 is 1.70 bits per heavy atom. The minimum Gasteiger partial charge on any atom is -0.399 e. The molecule has 0 spiro atoms. The second-order valence-corrected chi connectivity index (χ2v) is 6.71. The molecule has 112 valence electrons. The predicted molar refractivity (Wildman–Crippen MR) is 78.8 cm³/mol. The number of sulfonamides is 1. The molecule has 0 radical (unpaired) electrons. The van der Waals surface area contributed by atoms with Gasteiger partial charge in [-0.05, 0) is 44.0 Å². The number of benzene rings is 1. The fourth-order valence-corrected chi connectivity index (χ4v) is 3.79. The highest BCUT2D eigenvalue weighted by Gasteiger charge is 2.25. The number of hydrogen-bond acceptors (Lipinski definition) is 4. The summed E-state index contributed by atoms with van der Waals surface area (Å²) in [6.45, 7) is 4.87. The average Bonchev–Trinajstić information content (AvgIpc) is 2.24. The SMILES string of the molecule is Cc1cc(N)cc(C)c1S(=O)(=O)NC(C)C(=O)N(C)C. The Balaban J connectivity index is 3.16. The highest BCUT2D eigenvalue weighted by Crippen LogP contribution is 2.23. The highest BCUT2D eigenvalue weighted by atomic mass is 32.2. The van der Waals surface area contributed by atoms with Gasteiger partial charge in [-0.25, -0.2) is 8.42 Å². The molecule has 1 aromatic carbocycles. The van der Waals surface area contributed by atoms with Crippen molar-refractivity contribution < 1.29 is 13.2 Å². The van der Waals surface area contributed by atoms with Crippen molar-refractivity contribution in [1.82, 2.24) is 9.62 Å². The molecule has 1 unspecified atom stereocenters. The Morgan fingerprint density at radius 1 is 1.25 bits per heavy atom. The number of rotatable bonds is 4. The monoisotopic (exact) mass is 299 g/mol. The summed E-state index contributed by atoms with van der Waals surface area (Å²) in [6, 6.07) is 2.37. The second kappa shape index (κ2) is 5.80. The van der Waals surface area contributed by atoms with Crippen LogP contribution < -0.4 is 10.5 Å². The van der Waals surface area contributed by atoms with Gasteiger partial charge in [-0.3, -0.25) is 4.79 Å². The van der Waals surface area contributed by atoms with Gasteiger partial charge >= 0.3 is 0 Å². The molecular weight excluding hydrogens is 278 g/mol. The Morgan fingerprint density at radius 3 is 2.10 bits per heavy atom. The Kier molecular flexibility index (Phi) is 4.77. The van der Waals surface area contributed by atoms with Crippen molar-refractivity contribution in [2.75, 3.05) is 19.8 Å². The molecule has 0 bridgehead atoms. The van der Waals surface area contributed by atoms with Crippen molar-refractivity contribution in [1.29, 1.82) is 0 Å². The van der Waals surface area contributed by atoms with Gasteiger partial charge in [0, 0.05) is 19.8 Å². The van der Waals surface area contributed by atoms with Crippen LogP contribution in [0.2, 0.25) is 0 Å². The van der Waals surface area contributed by atoms with E-state index in [2.05, 4.69) is 4.72 Å². The van der Waals surface area contributed by atoms with Gasteiger partial charge in [0.05, 0.1) is 10.9 Å². The lowest BCUT2D eigenvalue weighted by atomic mass is 10.1. The number of carbonyl (C=O) groups is 1. The summed E-state index contributed by atoms with van der Waals surface area (Å²) in [6.07, 6.45) is 0. The van der Waals surface area contributed by atoms with Gasteiger partial charge in [-0.2, -0.15) is 4.72 Å². The maximum absolute atomic E-state index is 12.4. The van der Waals surface area contributed by atoms with E-state index in [4.69, 9.17) is 5.73 Å². The van der Waals surface area contributed by atoms with Crippen molar-refractivity contribution in [2.45, 2.75) is 31.7 Å². The molecule has 0 fully saturated rings. The van der Waals surface area contributed by atoms with Crippen LogP contribution >= 0.6 is 0 Å². The quantitative estimate of drug-likeness (QED) is 0.798. The minimum atomic E-state index is -3.77. The third-order valence-corrected chi connectivity index (χ3v) is 4.74. The predicted octanol–water partition coefficient (Wildman–Crippen LogP) is 0.641. The number of carbonyl (C=O) groups excluding carboxylic acids is 1. The first-order chi connectivity index (χ1) is 9.06. The maximum Gasteiger partial charge on any atom is 0.241 e. The van der Waals surface area contributed by atoms with E-state index in [1.54, 1.807) is 40.1 Å². The van der Waals surface area contributed by atoms with E-state index < -0.39 is 16.1 Å². The van der Waals surface area contributed by atoms with Crippen LogP contribution in [0.1, 0.15) is 18.1 Å². The van der Waals surface area contributed by atoms with Crippen LogP contribution in [0.4, 0.5) is 5.69 Å². The van der Waals surface area contributed by atoms with E-state index in [0.29, 0.717) is 16.8 Å². The first kappa shape index (κ1) is 16.5. The van der Waals surface area contributed by atoms with Gasteiger partial charge in [0.25, 0.3) is 0 Å². The summed E-state index contributed by atoms with van der Waals surface area (Å²) in [5, 5.41) is 0. The summed E-state index contributed by atoms with van der Waals surface area (Å²) in [7, 11) is -0.617. The molecule has 6 nitrogen and oxygen atoms in total. The lowest BCUT2D eigenvalue weighted by Crippen LogP contribution is -2.44. The number of nitrogens with two attached hydrogens (primary N) is 1. The summed E-state index contributed by atoms with van der Waals surface area (Å²) in [4.78, 5) is 13.3. The summed E-state index contributed by atoms with van der Waals surface area (Å²) in [5.74, 6) is -0.306. The van der Waals surface area contributed by atoms with Gasteiger partial charge in [0.1, 0.15) is 0 Å². The van der Waals surface area contributed by atoms with Crippen LogP contribution in [-0.2, 0) is 14.8 Å². The van der Waals surface area contributed by atoms with Crippen LogP contribution in [0, 0.1) is 13.8 Å². The molecule has 0 saturated heterocycles. The fraction of sp³-hybridized carbons (Fsp3) is 0.462. The Labute approximate surface area is 120 Å². The van der Waals surface area contributed by atoms with Crippen molar-refractivity contribution in [3.05, 3.63) is 23.3 Å². The van der Waals surface area contributed by atoms with Crippen LogP contribution in [-0.4, -0.2) is 39.4 Å². The third kappa shape index (κ3) is 3.49. The summed E-state index contributed by atoms with van der Waals surface area (Å²) in [5.41, 5.74) is 7.31. The molecule has 0 heterocycles. The molecular formula is C13H21N3O3S. The van der Waals surface area contributed by atoms with Gasteiger partial charge in [0.15, 0.2) is 0 Å². The van der Waals surface area contributed by atoms with E-state index in [1.807, 2.05) is 0 Å². The highest BCUT2D eigenvalue weighted by molar-refractivity contribution is 7.89. The number of likely N-dealkylation sites (N-methyl/N-ethyl adjacent to an activating group) is 1. The number of hydrogen-bond donors (Lipinski definition) is 2. The van der Waals surface area contributed by atoms with E-state index in [-0.39, 0.29) is 10.8 Å². The van der Waals surface area contributed by atoms with E-state index >= 15 is 0 Å². The van der Waals surface area contributed by atoms with Crippen LogP contribution in [0.25, 0.3) is 0 Å². The average molecular weight is 299 g/mol. The van der Waals surface area contributed by atoms with Gasteiger partial charge in [0.2, 0.25) is 15.9 Å². The van der Waals surface area contributed by atoms with Crippen molar-refractivity contribution in [3.63, 3.8) is 0 Å². The fourth-order valence-electron chi connectivity index (χ4n) is 2.14. The molecule has 1 amide bonds. The molecule has 0 aliphatic carbocycles. The molecule has 1 aromatic rings. The number of nitrogens with zero attached hydrogens (tertiary/aromatic N) is 1. The molecule has 0 aliphatic heterocycles.